The molecule has 15 heavy (non-hydrogen) atoms. The van der Waals surface area contributed by atoms with Crippen molar-refractivity contribution < 1.29 is 15.0 Å². The number of aliphatic carboxylic acids is 1. The van der Waals surface area contributed by atoms with Gasteiger partial charge in [-0.1, -0.05) is 18.2 Å². The number of carboxylic acid groups (broad SMARTS) is 1. The number of carbonyl (C=O) groups is 1. The Morgan fingerprint density at radius 1 is 1.47 bits per heavy atom. The van der Waals surface area contributed by atoms with Crippen LogP contribution < -0.4 is 5.32 Å². The Kier molecular flexibility index (Phi) is 3.55. The second-order valence-electron chi connectivity index (χ2n) is 3.18. The molecule has 1 rings (SSSR count). The van der Waals surface area contributed by atoms with Gasteiger partial charge in [-0.05, 0) is 19.1 Å². The van der Waals surface area contributed by atoms with Crippen LogP contribution in [0.1, 0.15) is 6.92 Å². The largest absolute Gasteiger partial charge is 0.478 e. The van der Waals surface area contributed by atoms with Crippen LogP contribution in [0, 0.1) is 0 Å². The summed E-state index contributed by atoms with van der Waals surface area (Å²) in [5, 5.41) is 20.2. The van der Waals surface area contributed by atoms with Crippen molar-refractivity contribution in [2.24, 2.45) is 0 Å². The molecule has 0 heterocycles. The number of alkyl halides is 1. The Labute approximate surface area is 92.5 Å². The molecule has 82 valence electrons. The van der Waals surface area contributed by atoms with Gasteiger partial charge in [0.05, 0.1) is 5.38 Å². The molecule has 3 N–H and O–H groups in total. The van der Waals surface area contributed by atoms with Gasteiger partial charge in [0, 0.05) is 5.69 Å². The van der Waals surface area contributed by atoms with Crippen LogP contribution in [-0.4, -0.2) is 27.3 Å². The van der Waals surface area contributed by atoms with Crippen molar-refractivity contribution >= 4 is 23.3 Å². The Bertz CT molecular complexity index is 342. The number of hydrogen-bond donors (Lipinski definition) is 3. The van der Waals surface area contributed by atoms with Gasteiger partial charge in [0.15, 0.2) is 0 Å². The molecule has 0 amide bonds. The van der Waals surface area contributed by atoms with Gasteiger partial charge in [0.2, 0.25) is 0 Å². The highest BCUT2D eigenvalue weighted by atomic mass is 35.5. The van der Waals surface area contributed by atoms with E-state index in [9.17, 15) is 9.90 Å². The van der Waals surface area contributed by atoms with Crippen molar-refractivity contribution in [2.75, 3.05) is 5.32 Å². The molecule has 0 spiro atoms. The number of nitrogens with one attached hydrogen (secondary N) is 1. The molecule has 2 atom stereocenters. The van der Waals surface area contributed by atoms with Crippen LogP contribution in [0.2, 0.25) is 0 Å². The zero-order valence-corrected chi connectivity index (χ0v) is 8.90. The Hall–Kier alpha value is -1.26. The maximum atomic E-state index is 10.9. The standard InChI is InChI=1S/C10H12ClNO3/c1-7(11)10(15,9(13)14)12-8-5-3-2-4-6-8/h2-7,12,15H,1H3,(H,13,14). The first-order chi connectivity index (χ1) is 6.97. The van der Waals surface area contributed by atoms with E-state index in [2.05, 4.69) is 5.32 Å². The lowest BCUT2D eigenvalue weighted by Crippen LogP contribution is -2.52. The molecule has 0 aliphatic carbocycles. The van der Waals surface area contributed by atoms with Crippen molar-refractivity contribution in [3.63, 3.8) is 0 Å². The minimum Gasteiger partial charge on any atom is -0.478 e. The van der Waals surface area contributed by atoms with Crippen molar-refractivity contribution in [3.05, 3.63) is 30.3 Å². The van der Waals surface area contributed by atoms with Crippen LogP contribution in [0.4, 0.5) is 5.69 Å². The summed E-state index contributed by atoms with van der Waals surface area (Å²) < 4.78 is 0. The molecule has 1 aromatic rings. The average Bonchev–Trinajstić information content (AvgIpc) is 2.18. The fraction of sp³-hybridized carbons (Fsp3) is 0.300. The van der Waals surface area contributed by atoms with Crippen LogP contribution >= 0.6 is 11.6 Å². The molecule has 0 saturated heterocycles. The highest BCUT2D eigenvalue weighted by molar-refractivity contribution is 6.23. The molecule has 0 aliphatic rings. The molecule has 2 unspecified atom stereocenters. The fourth-order valence-corrected chi connectivity index (χ4v) is 1.21. The third-order valence-electron chi connectivity index (χ3n) is 2.01. The predicted octanol–water partition coefficient (Wildman–Crippen LogP) is 1.50. The Morgan fingerprint density at radius 3 is 2.40 bits per heavy atom. The van der Waals surface area contributed by atoms with Gasteiger partial charge in [0.25, 0.3) is 5.72 Å². The van der Waals surface area contributed by atoms with Gasteiger partial charge in [0.1, 0.15) is 0 Å². The number of aliphatic hydroxyl groups is 1. The van der Waals surface area contributed by atoms with Crippen molar-refractivity contribution in [2.45, 2.75) is 18.0 Å². The maximum absolute atomic E-state index is 10.9. The third-order valence-corrected chi connectivity index (χ3v) is 2.33. The number of anilines is 1. The van der Waals surface area contributed by atoms with Crippen LogP contribution in [0.15, 0.2) is 30.3 Å². The number of hydrogen-bond acceptors (Lipinski definition) is 3. The first kappa shape index (κ1) is 11.8. The van der Waals surface area contributed by atoms with Crippen LogP contribution in [0.25, 0.3) is 0 Å². The lowest BCUT2D eigenvalue weighted by molar-refractivity contribution is -0.155. The molecule has 5 heteroatoms. The van der Waals surface area contributed by atoms with Crippen molar-refractivity contribution in [1.29, 1.82) is 0 Å². The summed E-state index contributed by atoms with van der Waals surface area (Å²) in [6.07, 6.45) is 0. The van der Waals surface area contributed by atoms with Gasteiger partial charge in [-0.15, -0.1) is 11.6 Å². The van der Waals surface area contributed by atoms with E-state index in [1.165, 1.54) is 6.92 Å². The van der Waals surface area contributed by atoms with Gasteiger partial charge in [-0.2, -0.15) is 0 Å². The minimum absolute atomic E-state index is 0.495. The molecule has 0 aromatic heterocycles. The summed E-state index contributed by atoms with van der Waals surface area (Å²) in [5.41, 5.74) is -1.67. The van der Waals surface area contributed by atoms with Crippen LogP contribution in [0.5, 0.6) is 0 Å². The van der Waals surface area contributed by atoms with E-state index in [1.807, 2.05) is 0 Å². The molecule has 0 aliphatic heterocycles. The lowest BCUT2D eigenvalue weighted by atomic mass is 10.1. The fourth-order valence-electron chi connectivity index (χ4n) is 1.06. The first-order valence-corrected chi connectivity index (χ1v) is 4.83. The van der Waals surface area contributed by atoms with Crippen LogP contribution in [0.3, 0.4) is 0 Å². The highest BCUT2D eigenvalue weighted by Gasteiger charge is 2.41. The second-order valence-corrected chi connectivity index (χ2v) is 3.83. The van der Waals surface area contributed by atoms with E-state index in [-0.39, 0.29) is 0 Å². The second kappa shape index (κ2) is 4.51. The Balaban J connectivity index is 2.90. The third kappa shape index (κ3) is 2.61. The van der Waals surface area contributed by atoms with E-state index in [0.29, 0.717) is 5.69 Å². The van der Waals surface area contributed by atoms with Crippen molar-refractivity contribution in [3.8, 4) is 0 Å². The summed E-state index contributed by atoms with van der Waals surface area (Å²) in [4.78, 5) is 10.9. The first-order valence-electron chi connectivity index (χ1n) is 4.40. The molecule has 0 radical (unpaired) electrons. The summed E-state index contributed by atoms with van der Waals surface area (Å²) in [6, 6.07) is 8.53. The smallest absolute Gasteiger partial charge is 0.358 e. The minimum atomic E-state index is -2.16. The number of halogens is 1. The SMILES string of the molecule is CC(Cl)C(O)(Nc1ccccc1)C(=O)O. The molecule has 4 nitrogen and oxygen atoms in total. The number of benzene rings is 1. The zero-order valence-electron chi connectivity index (χ0n) is 8.14. The van der Waals surface area contributed by atoms with E-state index >= 15 is 0 Å². The average molecular weight is 230 g/mol. The molecular weight excluding hydrogens is 218 g/mol. The number of carboxylic acids is 1. The molecular formula is C10H12ClNO3. The van der Waals surface area contributed by atoms with Gasteiger partial charge >= 0.3 is 5.97 Å². The van der Waals surface area contributed by atoms with E-state index in [1.54, 1.807) is 30.3 Å². The normalized spacial score (nSPS) is 16.5. The zero-order chi connectivity index (χ0) is 11.5. The van der Waals surface area contributed by atoms with E-state index < -0.39 is 17.1 Å². The molecule has 1 aromatic carbocycles. The van der Waals surface area contributed by atoms with Gasteiger partial charge in [-0.3, -0.25) is 0 Å². The lowest BCUT2D eigenvalue weighted by Gasteiger charge is -2.27. The van der Waals surface area contributed by atoms with Gasteiger partial charge < -0.3 is 15.5 Å². The molecule has 0 fully saturated rings. The maximum Gasteiger partial charge on any atom is 0.358 e. The highest BCUT2D eigenvalue weighted by Crippen LogP contribution is 2.20. The van der Waals surface area contributed by atoms with Gasteiger partial charge in [-0.25, -0.2) is 4.79 Å². The van der Waals surface area contributed by atoms with E-state index in [4.69, 9.17) is 16.7 Å². The van der Waals surface area contributed by atoms with E-state index in [0.717, 1.165) is 0 Å². The summed E-state index contributed by atoms with van der Waals surface area (Å²) in [6.45, 7) is 1.41. The topological polar surface area (TPSA) is 69.6 Å². The molecule has 0 saturated carbocycles. The number of rotatable bonds is 4. The Morgan fingerprint density at radius 2 is 2.00 bits per heavy atom. The monoisotopic (exact) mass is 229 g/mol. The summed E-state index contributed by atoms with van der Waals surface area (Å²) >= 11 is 5.64. The number of para-hydroxylation sites is 1. The van der Waals surface area contributed by atoms with Crippen LogP contribution in [-0.2, 0) is 4.79 Å². The summed E-state index contributed by atoms with van der Waals surface area (Å²) in [7, 11) is 0. The van der Waals surface area contributed by atoms with Crippen molar-refractivity contribution in [1.82, 2.24) is 0 Å². The predicted molar refractivity (Wildman–Crippen MR) is 58.0 cm³/mol. The quantitative estimate of drug-likeness (QED) is 0.541. The summed E-state index contributed by atoms with van der Waals surface area (Å²) in [5.74, 6) is -1.41. The molecule has 0 bridgehead atoms.